The van der Waals surface area contributed by atoms with Crippen molar-refractivity contribution < 1.29 is 4.79 Å². The summed E-state index contributed by atoms with van der Waals surface area (Å²) in [6.07, 6.45) is 1.96. The molecule has 0 spiro atoms. The van der Waals surface area contributed by atoms with Gasteiger partial charge in [0, 0.05) is 43.4 Å². The number of nitrogens with one attached hydrogen (secondary N) is 3. The summed E-state index contributed by atoms with van der Waals surface area (Å²) in [5, 5.41) is 3.12. The quantitative estimate of drug-likeness (QED) is 0.764. The molecule has 0 fully saturated rings. The number of rotatable bonds is 2. The minimum absolute atomic E-state index is 0.0525. The van der Waals surface area contributed by atoms with E-state index in [1.165, 1.54) is 0 Å². The van der Waals surface area contributed by atoms with E-state index >= 15 is 0 Å². The van der Waals surface area contributed by atoms with Crippen molar-refractivity contribution in [1.29, 1.82) is 0 Å². The van der Waals surface area contributed by atoms with E-state index in [0.717, 1.165) is 29.8 Å². The first kappa shape index (κ1) is 16.4. The van der Waals surface area contributed by atoms with Crippen LogP contribution in [0.2, 0.25) is 0 Å². The van der Waals surface area contributed by atoms with Gasteiger partial charge in [0.25, 0.3) is 5.56 Å². The van der Waals surface area contributed by atoms with E-state index in [1.807, 2.05) is 43.3 Å². The van der Waals surface area contributed by atoms with E-state index in [0.29, 0.717) is 23.4 Å². The number of carbonyl (C=O) groups is 1. The number of carbonyl (C=O) groups excluding carboxylic acids is 1. The Morgan fingerprint density at radius 2 is 1.73 bits per heavy atom. The van der Waals surface area contributed by atoms with Crippen LogP contribution in [0.25, 0.3) is 0 Å². The van der Waals surface area contributed by atoms with Crippen LogP contribution in [0.5, 0.6) is 0 Å². The Morgan fingerprint density at radius 3 is 2.42 bits per heavy atom. The largest absolute Gasteiger partial charge is 0.378 e. The summed E-state index contributed by atoms with van der Waals surface area (Å²) < 4.78 is 0. The molecule has 134 valence electrons. The first-order valence-electron chi connectivity index (χ1n) is 8.62. The fourth-order valence-electron chi connectivity index (χ4n) is 3.79. The number of nitrogens with zero attached hydrogens (tertiary/aromatic N) is 1. The summed E-state index contributed by atoms with van der Waals surface area (Å²) in [5.41, 5.74) is 2.69. The van der Waals surface area contributed by atoms with Gasteiger partial charge < -0.3 is 10.2 Å². The number of allylic oxidation sites excluding steroid dienone is 2. The van der Waals surface area contributed by atoms with Crippen LogP contribution < -0.4 is 21.5 Å². The molecule has 4 rings (SSSR count). The van der Waals surface area contributed by atoms with Crippen LogP contribution in [-0.4, -0.2) is 29.8 Å². The summed E-state index contributed by atoms with van der Waals surface area (Å²) in [6.45, 7) is 0. The van der Waals surface area contributed by atoms with Crippen molar-refractivity contribution in [3.63, 3.8) is 0 Å². The number of H-pyrrole nitrogens is 2. The average Bonchev–Trinajstić information content (AvgIpc) is 2.60. The minimum atomic E-state index is -0.561. The molecule has 1 aliphatic heterocycles. The van der Waals surface area contributed by atoms with Crippen molar-refractivity contribution in [3.8, 4) is 0 Å². The van der Waals surface area contributed by atoms with Gasteiger partial charge in [0.05, 0.1) is 5.56 Å². The molecule has 1 aliphatic carbocycles. The van der Waals surface area contributed by atoms with Crippen molar-refractivity contribution in [2.45, 2.75) is 25.2 Å². The molecule has 1 atom stereocenters. The number of fused-ring (bicyclic) bond motifs is 1. The van der Waals surface area contributed by atoms with Crippen LogP contribution in [-0.2, 0) is 4.79 Å². The fraction of sp³-hybridized carbons (Fsp3) is 0.316. The highest BCUT2D eigenvalue weighted by Gasteiger charge is 2.37. The molecular formula is C19H20N4O3. The highest BCUT2D eigenvalue weighted by atomic mass is 16.2. The second-order valence-electron chi connectivity index (χ2n) is 6.91. The molecule has 2 heterocycles. The Bertz CT molecular complexity index is 1030. The molecule has 2 aromatic rings. The minimum Gasteiger partial charge on any atom is -0.378 e. The van der Waals surface area contributed by atoms with E-state index in [2.05, 4.69) is 15.3 Å². The summed E-state index contributed by atoms with van der Waals surface area (Å²) >= 11 is 0. The Hall–Kier alpha value is -3.09. The lowest BCUT2D eigenvalue weighted by molar-refractivity contribution is -0.116. The first-order chi connectivity index (χ1) is 12.5. The molecule has 0 radical (unpaired) electrons. The van der Waals surface area contributed by atoms with Crippen molar-refractivity contribution >= 4 is 17.3 Å². The van der Waals surface area contributed by atoms with Crippen LogP contribution in [0, 0.1) is 0 Å². The highest BCUT2D eigenvalue weighted by Crippen LogP contribution is 2.42. The van der Waals surface area contributed by atoms with E-state index in [-0.39, 0.29) is 5.78 Å². The second-order valence-corrected chi connectivity index (χ2v) is 6.91. The van der Waals surface area contributed by atoms with Crippen LogP contribution >= 0.6 is 0 Å². The lowest BCUT2D eigenvalue weighted by atomic mass is 9.76. The Morgan fingerprint density at radius 1 is 1.00 bits per heavy atom. The van der Waals surface area contributed by atoms with Gasteiger partial charge in [0.15, 0.2) is 5.78 Å². The lowest BCUT2D eigenvalue weighted by Crippen LogP contribution is -2.36. The van der Waals surface area contributed by atoms with Gasteiger partial charge in [-0.1, -0.05) is 12.1 Å². The number of ketones is 1. The number of anilines is 2. The summed E-state index contributed by atoms with van der Waals surface area (Å²) in [7, 11) is 3.91. The third-order valence-electron chi connectivity index (χ3n) is 5.03. The van der Waals surface area contributed by atoms with Crippen LogP contribution in [0.1, 0.15) is 36.3 Å². The predicted octanol–water partition coefficient (Wildman–Crippen LogP) is 1.69. The summed E-state index contributed by atoms with van der Waals surface area (Å²) in [4.78, 5) is 43.9. The van der Waals surface area contributed by atoms with Crippen LogP contribution in [0.15, 0.2) is 45.1 Å². The Labute approximate surface area is 149 Å². The van der Waals surface area contributed by atoms with Gasteiger partial charge in [-0.2, -0.15) is 0 Å². The van der Waals surface area contributed by atoms with Crippen molar-refractivity contribution in [1.82, 2.24) is 9.97 Å². The van der Waals surface area contributed by atoms with Gasteiger partial charge in [-0.3, -0.25) is 19.6 Å². The van der Waals surface area contributed by atoms with Gasteiger partial charge >= 0.3 is 5.69 Å². The average molecular weight is 352 g/mol. The molecule has 2 aliphatic rings. The van der Waals surface area contributed by atoms with E-state index in [9.17, 15) is 14.4 Å². The molecule has 0 saturated heterocycles. The molecule has 0 amide bonds. The van der Waals surface area contributed by atoms with Gasteiger partial charge in [0.2, 0.25) is 0 Å². The fourth-order valence-corrected chi connectivity index (χ4v) is 3.79. The maximum absolute atomic E-state index is 12.7. The zero-order chi connectivity index (χ0) is 18.4. The Balaban J connectivity index is 1.95. The molecule has 3 N–H and O–H groups in total. The first-order valence-corrected chi connectivity index (χ1v) is 8.62. The topological polar surface area (TPSA) is 98.1 Å². The maximum atomic E-state index is 12.7. The number of benzene rings is 1. The van der Waals surface area contributed by atoms with E-state index in [4.69, 9.17) is 0 Å². The van der Waals surface area contributed by atoms with E-state index in [1.54, 1.807) is 0 Å². The molecule has 1 aromatic carbocycles. The van der Waals surface area contributed by atoms with Crippen LogP contribution in [0.3, 0.4) is 0 Å². The standard InChI is InChI=1S/C19H20N4O3/c1-23(2)11-8-6-10(7-9-11)14-15-12(4-3-5-13(15)24)20-17-16(14)18(25)22-19(26)21-17/h6-9,14H,3-5H2,1-2H3,(H3,20,21,22,25,26)/t14-/m1/s1. The van der Waals surface area contributed by atoms with Gasteiger partial charge in [-0.15, -0.1) is 0 Å². The number of aromatic nitrogens is 2. The van der Waals surface area contributed by atoms with Crippen molar-refractivity contribution in [2.24, 2.45) is 0 Å². The molecule has 7 heteroatoms. The third kappa shape index (κ3) is 2.56. The second kappa shape index (κ2) is 6.01. The molecule has 26 heavy (non-hydrogen) atoms. The SMILES string of the molecule is CN(C)c1ccc([C@@H]2C3=C(CCCC3=O)Nc3[nH]c(=O)[nH]c(=O)c32)cc1. The molecule has 1 aromatic heterocycles. The zero-order valence-corrected chi connectivity index (χ0v) is 14.7. The predicted molar refractivity (Wildman–Crippen MR) is 99.8 cm³/mol. The Kier molecular flexibility index (Phi) is 3.79. The van der Waals surface area contributed by atoms with Crippen molar-refractivity contribution in [3.05, 3.63) is 67.5 Å². The molecule has 0 unspecified atom stereocenters. The third-order valence-corrected chi connectivity index (χ3v) is 5.03. The zero-order valence-electron chi connectivity index (χ0n) is 14.7. The smallest absolute Gasteiger partial charge is 0.327 e. The molecule has 7 nitrogen and oxygen atoms in total. The number of hydrogen-bond acceptors (Lipinski definition) is 5. The molecule has 0 saturated carbocycles. The summed E-state index contributed by atoms with van der Waals surface area (Å²) in [5.74, 6) is -0.0450. The molecule has 0 bridgehead atoms. The number of hydrogen-bond donors (Lipinski definition) is 3. The normalized spacial score (nSPS) is 18.8. The van der Waals surface area contributed by atoms with E-state index < -0.39 is 17.2 Å². The van der Waals surface area contributed by atoms with Crippen LogP contribution in [0.4, 0.5) is 11.5 Å². The van der Waals surface area contributed by atoms with Crippen molar-refractivity contribution in [2.75, 3.05) is 24.3 Å². The molecular weight excluding hydrogens is 332 g/mol. The lowest BCUT2D eigenvalue weighted by Gasteiger charge is -2.32. The van der Waals surface area contributed by atoms with Gasteiger partial charge in [0.1, 0.15) is 5.82 Å². The maximum Gasteiger partial charge on any atom is 0.327 e. The van der Waals surface area contributed by atoms with Gasteiger partial charge in [-0.05, 0) is 30.5 Å². The number of aromatic amines is 2. The summed E-state index contributed by atoms with van der Waals surface area (Å²) in [6, 6.07) is 7.80. The van der Waals surface area contributed by atoms with Gasteiger partial charge in [-0.25, -0.2) is 4.79 Å². The monoisotopic (exact) mass is 352 g/mol. The number of Topliss-reactive ketones (excluding diaryl/α,β-unsaturated/α-hetero) is 1. The highest BCUT2D eigenvalue weighted by molar-refractivity contribution is 6.00.